The molecule has 0 aliphatic heterocycles. The molecule has 0 spiro atoms. The molecule has 2 heterocycles. The highest BCUT2D eigenvalue weighted by Crippen LogP contribution is 2.35. The lowest BCUT2D eigenvalue weighted by Gasteiger charge is -2.18. The number of benzene rings is 1. The maximum Gasteiger partial charge on any atom is 0.149 e. The lowest BCUT2D eigenvalue weighted by Crippen LogP contribution is -2.15. The van der Waals surface area contributed by atoms with E-state index >= 15 is 0 Å². The van der Waals surface area contributed by atoms with E-state index in [1.54, 1.807) is 0 Å². The Bertz CT molecular complexity index is 783. The van der Waals surface area contributed by atoms with E-state index in [9.17, 15) is 5.11 Å². The van der Waals surface area contributed by atoms with Crippen LogP contribution in [0.4, 0.5) is 0 Å². The SMILES string of the molecule is Cc1ccc2oc(C(O)c3snnc3C(C)(C)C)cc2c1. The summed E-state index contributed by atoms with van der Waals surface area (Å²) in [6.45, 7) is 8.21. The van der Waals surface area contributed by atoms with Crippen molar-refractivity contribution in [1.29, 1.82) is 0 Å². The molecule has 5 heteroatoms. The van der Waals surface area contributed by atoms with E-state index in [0.717, 1.165) is 21.5 Å². The zero-order valence-electron chi connectivity index (χ0n) is 12.5. The molecule has 4 nitrogen and oxygen atoms in total. The van der Waals surface area contributed by atoms with Crippen molar-refractivity contribution < 1.29 is 9.52 Å². The molecule has 0 bridgehead atoms. The third-order valence-corrected chi connectivity index (χ3v) is 4.21. The van der Waals surface area contributed by atoms with Crippen LogP contribution in [0.3, 0.4) is 0 Å². The third kappa shape index (κ3) is 2.59. The van der Waals surface area contributed by atoms with Gasteiger partial charge in [0.05, 0.1) is 10.6 Å². The molecule has 1 N–H and O–H groups in total. The summed E-state index contributed by atoms with van der Waals surface area (Å²) in [5.41, 5.74) is 2.60. The van der Waals surface area contributed by atoms with Crippen LogP contribution >= 0.6 is 11.5 Å². The van der Waals surface area contributed by atoms with Crippen LogP contribution < -0.4 is 0 Å². The molecular formula is C16H18N2O2S. The standard InChI is InChI=1S/C16H18N2O2S/c1-9-5-6-11-10(7-9)8-12(20-11)13(19)14-15(16(2,3)4)17-18-21-14/h5-8,13,19H,1-4H3. The van der Waals surface area contributed by atoms with Gasteiger partial charge < -0.3 is 9.52 Å². The third-order valence-electron chi connectivity index (χ3n) is 3.43. The Morgan fingerprint density at radius 1 is 1.24 bits per heavy atom. The second kappa shape index (κ2) is 4.93. The summed E-state index contributed by atoms with van der Waals surface area (Å²) in [7, 11) is 0. The fraction of sp³-hybridized carbons (Fsp3) is 0.375. The highest BCUT2D eigenvalue weighted by Gasteiger charge is 2.28. The fourth-order valence-corrected chi connectivity index (χ4v) is 3.20. The summed E-state index contributed by atoms with van der Waals surface area (Å²) in [6.07, 6.45) is -0.827. The van der Waals surface area contributed by atoms with Gasteiger partial charge in [-0.25, -0.2) is 0 Å². The quantitative estimate of drug-likeness (QED) is 0.778. The maximum absolute atomic E-state index is 10.6. The highest BCUT2D eigenvalue weighted by molar-refractivity contribution is 7.05. The molecule has 0 radical (unpaired) electrons. The van der Waals surface area contributed by atoms with Crippen LogP contribution in [0.1, 0.15) is 48.8 Å². The van der Waals surface area contributed by atoms with Crippen LogP contribution in [0, 0.1) is 6.92 Å². The maximum atomic E-state index is 10.6. The van der Waals surface area contributed by atoms with Crippen molar-refractivity contribution in [3.8, 4) is 0 Å². The number of rotatable bonds is 2. The van der Waals surface area contributed by atoms with E-state index < -0.39 is 6.10 Å². The Balaban J connectivity index is 2.04. The molecule has 0 aliphatic rings. The van der Waals surface area contributed by atoms with Gasteiger partial charge in [-0.3, -0.25) is 0 Å². The molecule has 110 valence electrons. The predicted octanol–water partition coefficient (Wildman–Crippen LogP) is 3.97. The number of furan rings is 1. The molecule has 1 unspecified atom stereocenters. The van der Waals surface area contributed by atoms with E-state index in [2.05, 4.69) is 30.4 Å². The van der Waals surface area contributed by atoms with E-state index in [-0.39, 0.29) is 5.41 Å². The molecule has 1 atom stereocenters. The molecule has 0 amide bonds. The average Bonchev–Trinajstić information content (AvgIpc) is 3.02. The van der Waals surface area contributed by atoms with Crippen LogP contribution in [0.5, 0.6) is 0 Å². The number of hydrogen-bond donors (Lipinski definition) is 1. The molecule has 0 aliphatic carbocycles. The molecule has 1 aromatic carbocycles. The van der Waals surface area contributed by atoms with Crippen molar-refractivity contribution in [2.75, 3.05) is 0 Å². The highest BCUT2D eigenvalue weighted by atomic mass is 32.1. The van der Waals surface area contributed by atoms with Gasteiger partial charge in [-0.15, -0.1) is 5.10 Å². The lowest BCUT2D eigenvalue weighted by atomic mass is 9.90. The summed E-state index contributed by atoms with van der Waals surface area (Å²) in [5.74, 6) is 0.534. The summed E-state index contributed by atoms with van der Waals surface area (Å²) in [5, 5.41) is 15.8. The number of fused-ring (bicyclic) bond motifs is 1. The first kappa shape index (κ1) is 14.2. The van der Waals surface area contributed by atoms with Crippen molar-refractivity contribution in [1.82, 2.24) is 9.59 Å². The van der Waals surface area contributed by atoms with Gasteiger partial charge in [0.1, 0.15) is 17.4 Å². The van der Waals surface area contributed by atoms with Gasteiger partial charge in [-0.05, 0) is 36.7 Å². The normalized spacial score (nSPS) is 13.8. The minimum absolute atomic E-state index is 0.161. The predicted molar refractivity (Wildman–Crippen MR) is 83.6 cm³/mol. The Labute approximate surface area is 127 Å². The van der Waals surface area contributed by atoms with Gasteiger partial charge in [0, 0.05) is 10.8 Å². The Hall–Kier alpha value is -1.72. The Morgan fingerprint density at radius 2 is 2.00 bits per heavy atom. The zero-order chi connectivity index (χ0) is 15.2. The summed E-state index contributed by atoms with van der Waals surface area (Å²) in [4.78, 5) is 0.748. The summed E-state index contributed by atoms with van der Waals surface area (Å²) >= 11 is 1.22. The van der Waals surface area contributed by atoms with E-state index in [1.807, 2.05) is 31.2 Å². The number of aryl methyl sites for hydroxylation is 1. The van der Waals surface area contributed by atoms with Crippen molar-refractivity contribution in [3.05, 3.63) is 46.2 Å². The average molecular weight is 302 g/mol. The van der Waals surface area contributed by atoms with Gasteiger partial charge in [0.25, 0.3) is 0 Å². The second-order valence-electron chi connectivity index (χ2n) is 6.33. The number of hydrogen-bond acceptors (Lipinski definition) is 5. The van der Waals surface area contributed by atoms with Gasteiger partial charge in [-0.2, -0.15) is 0 Å². The van der Waals surface area contributed by atoms with Crippen molar-refractivity contribution in [2.24, 2.45) is 0 Å². The van der Waals surface area contributed by atoms with Gasteiger partial charge in [0.2, 0.25) is 0 Å². The van der Waals surface area contributed by atoms with Crippen LogP contribution in [-0.2, 0) is 5.41 Å². The smallest absolute Gasteiger partial charge is 0.149 e. The topological polar surface area (TPSA) is 59.2 Å². The molecule has 0 saturated heterocycles. The van der Waals surface area contributed by atoms with Crippen molar-refractivity contribution >= 4 is 22.5 Å². The van der Waals surface area contributed by atoms with Crippen LogP contribution in [0.2, 0.25) is 0 Å². The molecule has 21 heavy (non-hydrogen) atoms. The van der Waals surface area contributed by atoms with Crippen LogP contribution in [0.15, 0.2) is 28.7 Å². The first-order valence-corrected chi connectivity index (χ1v) is 7.64. The first-order valence-electron chi connectivity index (χ1n) is 6.87. The van der Waals surface area contributed by atoms with Crippen LogP contribution in [0.25, 0.3) is 11.0 Å². The molecule has 0 fully saturated rings. The summed E-state index contributed by atoms with van der Waals surface area (Å²) < 4.78 is 9.77. The Kier molecular flexibility index (Phi) is 3.34. The number of aliphatic hydroxyl groups is 1. The molecular weight excluding hydrogens is 284 g/mol. The van der Waals surface area contributed by atoms with Gasteiger partial charge in [-0.1, -0.05) is 36.9 Å². The van der Waals surface area contributed by atoms with Crippen molar-refractivity contribution in [2.45, 2.75) is 39.2 Å². The minimum atomic E-state index is -0.827. The van der Waals surface area contributed by atoms with E-state index in [0.29, 0.717) is 5.76 Å². The molecule has 0 saturated carbocycles. The fourth-order valence-electron chi connectivity index (χ4n) is 2.34. The van der Waals surface area contributed by atoms with Crippen molar-refractivity contribution in [3.63, 3.8) is 0 Å². The molecule has 2 aromatic heterocycles. The Morgan fingerprint density at radius 3 is 2.71 bits per heavy atom. The second-order valence-corrected chi connectivity index (χ2v) is 7.11. The minimum Gasteiger partial charge on any atom is -0.458 e. The molecule has 3 rings (SSSR count). The largest absolute Gasteiger partial charge is 0.458 e. The monoisotopic (exact) mass is 302 g/mol. The lowest BCUT2D eigenvalue weighted by molar-refractivity contribution is 0.193. The van der Waals surface area contributed by atoms with Gasteiger partial charge in [0.15, 0.2) is 0 Å². The summed E-state index contributed by atoms with van der Waals surface area (Å²) in [6, 6.07) is 7.86. The molecule has 3 aromatic rings. The number of aromatic nitrogens is 2. The number of aliphatic hydroxyl groups excluding tert-OH is 1. The number of nitrogens with zero attached hydrogens (tertiary/aromatic N) is 2. The zero-order valence-corrected chi connectivity index (χ0v) is 13.4. The van der Waals surface area contributed by atoms with Crippen LogP contribution in [-0.4, -0.2) is 14.7 Å². The van der Waals surface area contributed by atoms with E-state index in [1.165, 1.54) is 17.1 Å². The van der Waals surface area contributed by atoms with E-state index in [4.69, 9.17) is 4.42 Å². The first-order chi connectivity index (χ1) is 9.86. The van der Waals surface area contributed by atoms with Gasteiger partial charge >= 0.3 is 0 Å².